The molecule has 0 bridgehead atoms. The van der Waals surface area contributed by atoms with Gasteiger partial charge >= 0.3 is 0 Å². The molecule has 9 heteroatoms. The number of aliphatic hydroxyl groups is 1. The quantitative estimate of drug-likeness (QED) is 0.0357. The van der Waals surface area contributed by atoms with Crippen LogP contribution in [0.3, 0.4) is 0 Å². The van der Waals surface area contributed by atoms with Gasteiger partial charge in [-0.1, -0.05) is 277 Å². The molecule has 0 spiro atoms. The van der Waals surface area contributed by atoms with Gasteiger partial charge in [-0.25, -0.2) is 0 Å². The highest BCUT2D eigenvalue weighted by molar-refractivity contribution is 7.45. The summed E-state index contributed by atoms with van der Waals surface area (Å²) < 4.78 is 23.3. The van der Waals surface area contributed by atoms with E-state index in [1.807, 2.05) is 21.1 Å². The molecule has 0 radical (unpaired) electrons. The molecule has 0 aromatic rings. The van der Waals surface area contributed by atoms with Crippen LogP contribution in [-0.4, -0.2) is 68.5 Å². The molecule has 8 nitrogen and oxygen atoms in total. The number of quaternary nitrogens is 1. The van der Waals surface area contributed by atoms with Crippen LogP contribution in [0.1, 0.15) is 296 Å². The Morgan fingerprint density at radius 2 is 0.766 bits per heavy atom. The lowest BCUT2D eigenvalue weighted by Gasteiger charge is -2.30. The van der Waals surface area contributed by atoms with E-state index in [0.717, 1.165) is 38.5 Å². The maximum Gasteiger partial charge on any atom is 0.268 e. The lowest BCUT2D eigenvalue weighted by Crippen LogP contribution is -2.46. The van der Waals surface area contributed by atoms with Crippen molar-refractivity contribution in [1.82, 2.24) is 5.32 Å². The minimum Gasteiger partial charge on any atom is -0.756 e. The van der Waals surface area contributed by atoms with Crippen molar-refractivity contribution in [2.75, 3.05) is 40.9 Å². The van der Waals surface area contributed by atoms with Crippen LogP contribution in [0.25, 0.3) is 0 Å². The Bertz CT molecular complexity index is 1010. The molecule has 0 saturated carbocycles. The van der Waals surface area contributed by atoms with Gasteiger partial charge in [-0.15, -0.1) is 0 Å². The number of amides is 1. The molecule has 0 heterocycles. The van der Waals surface area contributed by atoms with Crippen molar-refractivity contribution in [1.29, 1.82) is 0 Å². The summed E-state index contributed by atoms with van der Waals surface area (Å²) in [5.74, 6) is -0.159. The van der Waals surface area contributed by atoms with E-state index in [2.05, 4.69) is 19.2 Å². The van der Waals surface area contributed by atoms with Crippen molar-refractivity contribution in [2.24, 2.45) is 0 Å². The molecule has 0 aliphatic rings. The van der Waals surface area contributed by atoms with E-state index in [9.17, 15) is 19.4 Å². The lowest BCUT2D eigenvalue weighted by atomic mass is 10.0. The van der Waals surface area contributed by atoms with Crippen molar-refractivity contribution in [3.63, 3.8) is 0 Å². The van der Waals surface area contributed by atoms with Crippen LogP contribution in [0.4, 0.5) is 0 Å². The van der Waals surface area contributed by atoms with Crippen LogP contribution >= 0.6 is 7.82 Å². The topological polar surface area (TPSA) is 108 Å². The maximum atomic E-state index is 12.9. The first kappa shape index (κ1) is 63.5. The second kappa shape index (κ2) is 47.6. The van der Waals surface area contributed by atoms with Gasteiger partial charge in [-0.3, -0.25) is 9.36 Å². The van der Waals surface area contributed by atoms with E-state index in [4.69, 9.17) is 9.05 Å². The summed E-state index contributed by atoms with van der Waals surface area (Å²) in [7, 11) is 1.32. The number of carbonyl (C=O) groups excluding carboxylic acids is 1. The number of phosphoric ester groups is 1. The number of nitrogens with zero attached hydrogens (tertiary/aromatic N) is 1. The van der Waals surface area contributed by atoms with Gasteiger partial charge < -0.3 is 28.8 Å². The number of likely N-dealkylation sites (N-methyl/N-ethyl adjacent to an activating group) is 1. The Balaban J connectivity index is 3.87. The molecule has 2 N–H and O–H groups in total. The molecule has 0 saturated heterocycles. The predicted molar refractivity (Wildman–Crippen MR) is 275 cm³/mol. The van der Waals surface area contributed by atoms with Crippen LogP contribution in [0.2, 0.25) is 0 Å². The first-order valence-corrected chi connectivity index (χ1v) is 29.8. The van der Waals surface area contributed by atoms with Gasteiger partial charge in [0, 0.05) is 6.42 Å². The molecule has 1 amide bonds. The zero-order valence-corrected chi connectivity index (χ0v) is 44.7. The van der Waals surface area contributed by atoms with Gasteiger partial charge in [-0.2, -0.15) is 0 Å². The van der Waals surface area contributed by atoms with Crippen molar-refractivity contribution >= 4 is 13.7 Å². The Morgan fingerprint density at radius 3 is 1.06 bits per heavy atom. The number of rotatable bonds is 53. The summed E-state index contributed by atoms with van der Waals surface area (Å²) >= 11 is 0. The third kappa shape index (κ3) is 49.4. The fourth-order valence-electron chi connectivity index (χ4n) is 8.87. The monoisotopic (exact) mass is 929 g/mol. The van der Waals surface area contributed by atoms with Crippen molar-refractivity contribution < 1.29 is 32.9 Å². The molecular formula is C55H113N2O6P. The lowest BCUT2D eigenvalue weighted by molar-refractivity contribution is -0.870. The zero-order chi connectivity index (χ0) is 47.1. The molecular weight excluding hydrogens is 816 g/mol. The standard InChI is InChI=1S/C55H113N2O6P/c1-6-8-10-12-14-16-18-19-20-21-22-23-24-25-26-27-28-29-30-31-32-33-34-35-36-37-38-39-41-43-45-47-49-55(59)56-53(52-63-64(60,61)62-51-50-57(3,4)5)54(58)48-46-44-42-40-17-15-13-11-9-7-2/h53-54,58H,6-52H2,1-5H3,(H-,56,59,60,61)/t53-,54+/m0/s1. The fraction of sp³-hybridized carbons (Fsp3) is 0.982. The summed E-state index contributed by atoms with van der Waals surface area (Å²) in [5.41, 5.74) is 0. The number of unbranched alkanes of at least 4 members (excludes halogenated alkanes) is 40. The second-order valence-corrected chi connectivity index (χ2v) is 22.4. The smallest absolute Gasteiger partial charge is 0.268 e. The molecule has 0 aliphatic heterocycles. The van der Waals surface area contributed by atoms with Gasteiger partial charge in [0.2, 0.25) is 5.91 Å². The largest absolute Gasteiger partial charge is 0.756 e. The number of carbonyl (C=O) groups is 1. The first-order chi connectivity index (χ1) is 31.0. The van der Waals surface area contributed by atoms with Gasteiger partial charge in [-0.05, 0) is 12.8 Å². The van der Waals surface area contributed by atoms with E-state index >= 15 is 0 Å². The summed E-state index contributed by atoms with van der Waals surface area (Å²) in [5, 5.41) is 13.9. The van der Waals surface area contributed by atoms with Crippen molar-refractivity contribution in [3.05, 3.63) is 0 Å². The molecule has 384 valence electrons. The molecule has 64 heavy (non-hydrogen) atoms. The van der Waals surface area contributed by atoms with E-state index < -0.39 is 20.0 Å². The van der Waals surface area contributed by atoms with E-state index in [1.165, 1.54) is 231 Å². The third-order valence-corrected chi connectivity index (χ3v) is 14.3. The summed E-state index contributed by atoms with van der Waals surface area (Å²) in [4.78, 5) is 25.4. The molecule has 0 aliphatic carbocycles. The number of hydrogen-bond acceptors (Lipinski definition) is 6. The average molecular weight is 929 g/mol. The fourth-order valence-corrected chi connectivity index (χ4v) is 9.59. The number of nitrogens with one attached hydrogen (secondary N) is 1. The van der Waals surface area contributed by atoms with E-state index in [-0.39, 0.29) is 19.1 Å². The summed E-state index contributed by atoms with van der Waals surface area (Å²) in [6.07, 6.45) is 55.9. The normalized spacial score (nSPS) is 13.9. The molecule has 0 fully saturated rings. The third-order valence-electron chi connectivity index (χ3n) is 13.3. The first-order valence-electron chi connectivity index (χ1n) is 28.4. The summed E-state index contributed by atoms with van der Waals surface area (Å²) in [6.45, 7) is 4.74. The highest BCUT2D eigenvalue weighted by Crippen LogP contribution is 2.38. The van der Waals surface area contributed by atoms with Crippen LogP contribution in [-0.2, 0) is 18.4 Å². The minimum atomic E-state index is -4.56. The number of phosphoric acid groups is 1. The van der Waals surface area contributed by atoms with Gasteiger partial charge in [0.25, 0.3) is 7.82 Å². The zero-order valence-electron chi connectivity index (χ0n) is 43.8. The second-order valence-electron chi connectivity index (χ2n) is 21.0. The Morgan fingerprint density at radius 1 is 0.484 bits per heavy atom. The highest BCUT2D eigenvalue weighted by atomic mass is 31.2. The van der Waals surface area contributed by atoms with Gasteiger partial charge in [0.15, 0.2) is 0 Å². The van der Waals surface area contributed by atoms with Crippen LogP contribution in [0.5, 0.6) is 0 Å². The van der Waals surface area contributed by atoms with Crippen LogP contribution in [0.15, 0.2) is 0 Å². The molecule has 0 rings (SSSR count). The van der Waals surface area contributed by atoms with E-state index in [1.54, 1.807) is 0 Å². The summed E-state index contributed by atoms with van der Waals surface area (Å²) in [6, 6.07) is -0.793. The Hall–Kier alpha value is -0.500. The van der Waals surface area contributed by atoms with E-state index in [0.29, 0.717) is 23.9 Å². The number of aliphatic hydroxyl groups excluding tert-OH is 1. The highest BCUT2D eigenvalue weighted by Gasteiger charge is 2.24. The van der Waals surface area contributed by atoms with Crippen molar-refractivity contribution in [2.45, 2.75) is 309 Å². The maximum absolute atomic E-state index is 12.9. The minimum absolute atomic E-state index is 0.0160. The van der Waals surface area contributed by atoms with Gasteiger partial charge in [0.05, 0.1) is 39.9 Å². The van der Waals surface area contributed by atoms with Crippen LogP contribution < -0.4 is 10.2 Å². The number of hydrogen-bond donors (Lipinski definition) is 2. The van der Waals surface area contributed by atoms with Crippen molar-refractivity contribution in [3.8, 4) is 0 Å². The predicted octanol–water partition coefficient (Wildman–Crippen LogP) is 16.2. The molecule has 1 unspecified atom stereocenters. The molecule has 3 atom stereocenters. The molecule has 0 aromatic heterocycles. The SMILES string of the molecule is CCCCCCCCCCCCCCCCCCCCCCCCCCCCCCCCCCC(=O)N[C@@H](COP(=O)([O-])OCC[N+](C)(C)C)[C@H](O)CCCCCCCCCCCC. The Labute approximate surface area is 399 Å². The van der Waals surface area contributed by atoms with Crippen LogP contribution in [0, 0.1) is 0 Å². The van der Waals surface area contributed by atoms with Gasteiger partial charge in [0.1, 0.15) is 13.2 Å². The molecule has 0 aromatic carbocycles. The average Bonchev–Trinajstić information content (AvgIpc) is 3.25. The Kier molecular flexibility index (Phi) is 47.2.